The van der Waals surface area contributed by atoms with Crippen molar-refractivity contribution in [1.29, 1.82) is 0 Å². The molecule has 2 aromatic rings. The molecule has 2 rings (SSSR count). The molecule has 5 nitrogen and oxygen atoms in total. The lowest BCUT2D eigenvalue weighted by atomic mass is 10.1. The van der Waals surface area contributed by atoms with E-state index >= 15 is 0 Å². The van der Waals surface area contributed by atoms with Crippen LogP contribution in [-0.4, -0.2) is 21.3 Å². The summed E-state index contributed by atoms with van der Waals surface area (Å²) in [5, 5.41) is 15.2. The number of alkyl halides is 3. The lowest BCUT2D eigenvalue weighted by Crippen LogP contribution is -2.09. The van der Waals surface area contributed by atoms with E-state index < -0.39 is 17.8 Å². The van der Waals surface area contributed by atoms with Gasteiger partial charge < -0.3 is 9.84 Å². The summed E-state index contributed by atoms with van der Waals surface area (Å²) in [5.74, 6) is -1.11. The standard InChI is InChI=1S/C13H9F3N2O3/c1-7-2-3-8(12(19)20)6-9(7)21-11-5-4-10(17-18-11)13(14,15)16/h2-6H,1H3,(H,19,20). The third-order valence-corrected chi connectivity index (χ3v) is 2.58. The summed E-state index contributed by atoms with van der Waals surface area (Å²) >= 11 is 0. The number of hydrogen-bond donors (Lipinski definition) is 1. The molecule has 0 amide bonds. The molecule has 0 aliphatic rings. The Morgan fingerprint density at radius 2 is 1.90 bits per heavy atom. The Kier molecular flexibility index (Phi) is 3.79. The van der Waals surface area contributed by atoms with E-state index in [-0.39, 0.29) is 17.2 Å². The van der Waals surface area contributed by atoms with E-state index in [1.807, 2.05) is 0 Å². The van der Waals surface area contributed by atoms with Crippen LogP contribution in [0.25, 0.3) is 0 Å². The van der Waals surface area contributed by atoms with Crippen LogP contribution in [0.2, 0.25) is 0 Å². The number of benzene rings is 1. The SMILES string of the molecule is Cc1ccc(C(=O)O)cc1Oc1ccc(C(F)(F)F)nn1. The first-order chi connectivity index (χ1) is 9.77. The maximum absolute atomic E-state index is 12.3. The highest BCUT2D eigenvalue weighted by Crippen LogP contribution is 2.29. The molecule has 0 unspecified atom stereocenters. The smallest absolute Gasteiger partial charge is 0.435 e. The zero-order valence-electron chi connectivity index (χ0n) is 10.7. The van der Waals surface area contributed by atoms with E-state index in [1.54, 1.807) is 6.92 Å². The third-order valence-electron chi connectivity index (χ3n) is 2.58. The summed E-state index contributed by atoms with van der Waals surface area (Å²) in [6, 6.07) is 5.93. The van der Waals surface area contributed by atoms with Crippen molar-refractivity contribution in [2.75, 3.05) is 0 Å². The van der Waals surface area contributed by atoms with Crippen molar-refractivity contribution < 1.29 is 27.8 Å². The van der Waals surface area contributed by atoms with Gasteiger partial charge in [-0.1, -0.05) is 6.07 Å². The van der Waals surface area contributed by atoms with Crippen LogP contribution < -0.4 is 4.74 Å². The van der Waals surface area contributed by atoms with Gasteiger partial charge >= 0.3 is 12.1 Å². The zero-order chi connectivity index (χ0) is 15.6. The summed E-state index contributed by atoms with van der Waals surface area (Å²) in [4.78, 5) is 10.9. The van der Waals surface area contributed by atoms with Crippen LogP contribution in [0.5, 0.6) is 11.6 Å². The first-order valence-corrected chi connectivity index (χ1v) is 5.70. The number of aromatic nitrogens is 2. The number of ether oxygens (including phenoxy) is 1. The van der Waals surface area contributed by atoms with Crippen LogP contribution in [-0.2, 0) is 6.18 Å². The van der Waals surface area contributed by atoms with Gasteiger partial charge in [0.25, 0.3) is 0 Å². The van der Waals surface area contributed by atoms with E-state index in [0.29, 0.717) is 5.56 Å². The first-order valence-electron chi connectivity index (χ1n) is 5.70. The predicted molar refractivity (Wildman–Crippen MR) is 65.2 cm³/mol. The molecule has 0 saturated heterocycles. The number of carbonyl (C=O) groups is 1. The molecule has 0 bridgehead atoms. The molecule has 0 fully saturated rings. The van der Waals surface area contributed by atoms with E-state index in [1.165, 1.54) is 18.2 Å². The van der Waals surface area contributed by atoms with Crippen molar-refractivity contribution in [1.82, 2.24) is 10.2 Å². The van der Waals surface area contributed by atoms with Gasteiger partial charge in [0.05, 0.1) is 5.56 Å². The Morgan fingerprint density at radius 1 is 1.19 bits per heavy atom. The van der Waals surface area contributed by atoms with Gasteiger partial charge in [-0.05, 0) is 30.7 Å². The zero-order valence-corrected chi connectivity index (χ0v) is 10.7. The molecule has 0 atom stereocenters. The lowest BCUT2D eigenvalue weighted by molar-refractivity contribution is -0.141. The monoisotopic (exact) mass is 298 g/mol. The maximum Gasteiger partial charge on any atom is 0.435 e. The van der Waals surface area contributed by atoms with Crippen LogP contribution in [0.15, 0.2) is 30.3 Å². The highest BCUT2D eigenvalue weighted by atomic mass is 19.4. The lowest BCUT2D eigenvalue weighted by Gasteiger charge is -2.09. The summed E-state index contributed by atoms with van der Waals surface area (Å²) in [7, 11) is 0. The van der Waals surface area contributed by atoms with Crippen LogP contribution in [0.4, 0.5) is 13.2 Å². The molecule has 8 heteroatoms. The number of carboxylic acids is 1. The number of carboxylic acid groups (broad SMARTS) is 1. The fraction of sp³-hybridized carbons (Fsp3) is 0.154. The van der Waals surface area contributed by atoms with Crippen molar-refractivity contribution in [3.8, 4) is 11.6 Å². The average Bonchev–Trinajstić information content (AvgIpc) is 2.40. The number of hydrogen-bond acceptors (Lipinski definition) is 4. The second kappa shape index (κ2) is 5.39. The van der Waals surface area contributed by atoms with Crippen molar-refractivity contribution in [2.24, 2.45) is 0 Å². The second-order valence-electron chi connectivity index (χ2n) is 4.14. The van der Waals surface area contributed by atoms with Gasteiger partial charge in [0.2, 0.25) is 5.88 Å². The Balaban J connectivity index is 2.26. The average molecular weight is 298 g/mol. The number of nitrogens with zero attached hydrogens (tertiary/aromatic N) is 2. The first kappa shape index (κ1) is 14.8. The highest BCUT2D eigenvalue weighted by Gasteiger charge is 2.33. The fourth-order valence-corrected chi connectivity index (χ4v) is 1.48. The number of aryl methyl sites for hydroxylation is 1. The normalized spacial score (nSPS) is 11.2. The molecule has 110 valence electrons. The molecule has 1 aromatic carbocycles. The molecule has 0 saturated carbocycles. The Hall–Kier alpha value is -2.64. The van der Waals surface area contributed by atoms with Gasteiger partial charge in [-0.25, -0.2) is 4.79 Å². The van der Waals surface area contributed by atoms with Crippen LogP contribution in [0.1, 0.15) is 21.6 Å². The molecular weight excluding hydrogens is 289 g/mol. The quantitative estimate of drug-likeness (QED) is 0.941. The van der Waals surface area contributed by atoms with Gasteiger partial charge in [-0.2, -0.15) is 13.2 Å². The molecule has 0 radical (unpaired) electrons. The van der Waals surface area contributed by atoms with Crippen molar-refractivity contribution in [2.45, 2.75) is 13.1 Å². The van der Waals surface area contributed by atoms with Gasteiger partial charge in [-0.15, -0.1) is 10.2 Å². The second-order valence-corrected chi connectivity index (χ2v) is 4.14. The largest absolute Gasteiger partial charge is 0.478 e. The minimum absolute atomic E-state index is 0.00419. The maximum atomic E-state index is 12.3. The van der Waals surface area contributed by atoms with E-state index in [9.17, 15) is 18.0 Å². The van der Waals surface area contributed by atoms with E-state index in [0.717, 1.165) is 12.1 Å². The van der Waals surface area contributed by atoms with Crippen LogP contribution in [0.3, 0.4) is 0 Å². The van der Waals surface area contributed by atoms with Crippen LogP contribution >= 0.6 is 0 Å². The van der Waals surface area contributed by atoms with E-state index in [4.69, 9.17) is 9.84 Å². The molecular formula is C13H9F3N2O3. The Bertz CT molecular complexity index is 669. The molecule has 1 N–H and O–H groups in total. The molecule has 21 heavy (non-hydrogen) atoms. The Morgan fingerprint density at radius 3 is 2.43 bits per heavy atom. The third kappa shape index (κ3) is 3.47. The molecule has 1 heterocycles. The topological polar surface area (TPSA) is 72.3 Å². The number of rotatable bonds is 3. The molecule has 0 spiro atoms. The number of aromatic carboxylic acids is 1. The minimum Gasteiger partial charge on any atom is -0.478 e. The summed E-state index contributed by atoms with van der Waals surface area (Å²) in [6.45, 7) is 1.67. The summed E-state index contributed by atoms with van der Waals surface area (Å²) < 4.78 is 42.3. The van der Waals surface area contributed by atoms with Gasteiger partial charge in [-0.3, -0.25) is 0 Å². The summed E-state index contributed by atoms with van der Waals surface area (Å²) in [5.41, 5.74) is -0.525. The van der Waals surface area contributed by atoms with E-state index in [2.05, 4.69) is 10.2 Å². The summed E-state index contributed by atoms with van der Waals surface area (Å²) in [6.07, 6.45) is -4.58. The fourth-order valence-electron chi connectivity index (χ4n) is 1.48. The van der Waals surface area contributed by atoms with Crippen LogP contribution in [0, 0.1) is 6.92 Å². The minimum atomic E-state index is -4.58. The highest BCUT2D eigenvalue weighted by molar-refractivity contribution is 5.88. The van der Waals surface area contributed by atoms with Gasteiger partial charge in [0.15, 0.2) is 5.69 Å². The van der Waals surface area contributed by atoms with Gasteiger partial charge in [0, 0.05) is 6.07 Å². The van der Waals surface area contributed by atoms with Crippen molar-refractivity contribution in [3.05, 3.63) is 47.2 Å². The van der Waals surface area contributed by atoms with Crippen molar-refractivity contribution in [3.63, 3.8) is 0 Å². The number of halogens is 3. The molecule has 1 aromatic heterocycles. The van der Waals surface area contributed by atoms with Gasteiger partial charge in [0.1, 0.15) is 5.75 Å². The van der Waals surface area contributed by atoms with Crippen molar-refractivity contribution >= 4 is 5.97 Å². The molecule has 0 aliphatic carbocycles. The molecule has 0 aliphatic heterocycles. The Labute approximate surface area is 117 Å². The predicted octanol–water partition coefficient (Wildman–Crippen LogP) is 3.29.